The monoisotopic (exact) mass is 257 g/mol. The lowest BCUT2D eigenvalue weighted by Gasteiger charge is -2.16. The number of nitro benzene ring substituents is 1. The Balaban J connectivity index is 2.79. The van der Waals surface area contributed by atoms with Gasteiger partial charge in [-0.3, -0.25) is 10.1 Å². The number of benzene rings is 1. The summed E-state index contributed by atoms with van der Waals surface area (Å²) < 4.78 is 0. The molecule has 0 aromatic heterocycles. The van der Waals surface area contributed by atoms with Crippen LogP contribution >= 0.6 is 11.6 Å². The first kappa shape index (κ1) is 13.9. The quantitative estimate of drug-likeness (QED) is 0.625. The van der Waals surface area contributed by atoms with E-state index in [-0.39, 0.29) is 5.69 Å². The van der Waals surface area contributed by atoms with Gasteiger partial charge in [-0.15, -0.1) is 0 Å². The Morgan fingerprint density at radius 3 is 2.82 bits per heavy atom. The molecule has 0 unspecified atom stereocenters. The van der Waals surface area contributed by atoms with Crippen LogP contribution in [0.25, 0.3) is 0 Å². The minimum atomic E-state index is -0.405. The summed E-state index contributed by atoms with van der Waals surface area (Å²) in [6.07, 6.45) is 0.873. The second-order valence-corrected chi connectivity index (χ2v) is 4.35. The van der Waals surface area contributed by atoms with Gasteiger partial charge in [0.05, 0.1) is 4.92 Å². The highest BCUT2D eigenvalue weighted by atomic mass is 35.5. The number of nitrogens with two attached hydrogens (primary N) is 1. The number of hydrogen-bond acceptors (Lipinski definition) is 4. The molecule has 0 spiro atoms. The molecule has 5 nitrogen and oxygen atoms in total. The maximum atomic E-state index is 10.9. The summed E-state index contributed by atoms with van der Waals surface area (Å²) >= 11 is 5.75. The summed E-state index contributed by atoms with van der Waals surface area (Å²) in [4.78, 5) is 12.5. The third kappa shape index (κ3) is 4.30. The average molecular weight is 258 g/mol. The number of rotatable bonds is 6. The van der Waals surface area contributed by atoms with Crippen LogP contribution in [0, 0.1) is 10.1 Å². The number of nitrogens with zero attached hydrogens (tertiary/aromatic N) is 2. The summed E-state index contributed by atoms with van der Waals surface area (Å²) in [6.45, 7) is 1.96. The van der Waals surface area contributed by atoms with Crippen molar-refractivity contribution in [3.8, 4) is 0 Å². The van der Waals surface area contributed by atoms with Gasteiger partial charge in [0.25, 0.3) is 5.69 Å². The second kappa shape index (κ2) is 6.54. The summed E-state index contributed by atoms with van der Waals surface area (Å²) in [7, 11) is 1.91. The van der Waals surface area contributed by atoms with Gasteiger partial charge < -0.3 is 10.6 Å². The molecular formula is C11H16ClN3O2. The largest absolute Gasteiger partial charge is 0.330 e. The van der Waals surface area contributed by atoms with Gasteiger partial charge in [-0.2, -0.15) is 0 Å². The third-order valence-corrected chi connectivity index (χ3v) is 2.66. The predicted molar refractivity (Wildman–Crippen MR) is 68.1 cm³/mol. The van der Waals surface area contributed by atoms with E-state index < -0.39 is 4.92 Å². The smallest absolute Gasteiger partial charge is 0.275 e. The zero-order chi connectivity index (χ0) is 12.8. The van der Waals surface area contributed by atoms with E-state index >= 15 is 0 Å². The fourth-order valence-corrected chi connectivity index (χ4v) is 1.74. The molecule has 6 heteroatoms. The molecule has 0 radical (unpaired) electrons. The van der Waals surface area contributed by atoms with Crippen LogP contribution in [0.15, 0.2) is 18.2 Å². The number of halogens is 1. The standard InChI is InChI=1S/C11H16ClN3O2/c1-14(6-2-5-13)8-9-3-4-10(12)7-11(9)15(16)17/h3-4,7H,2,5-6,8,13H2,1H3. The fourth-order valence-electron chi connectivity index (χ4n) is 1.57. The Kier molecular flexibility index (Phi) is 5.34. The molecule has 0 heterocycles. The Bertz CT molecular complexity index is 398. The van der Waals surface area contributed by atoms with Crippen molar-refractivity contribution in [2.45, 2.75) is 13.0 Å². The zero-order valence-electron chi connectivity index (χ0n) is 9.73. The summed E-state index contributed by atoms with van der Waals surface area (Å²) in [5.41, 5.74) is 6.15. The molecule has 0 fully saturated rings. The Hall–Kier alpha value is -1.17. The van der Waals surface area contributed by atoms with Gasteiger partial charge in [-0.1, -0.05) is 11.6 Å². The summed E-state index contributed by atoms with van der Waals surface area (Å²) in [6, 6.07) is 4.74. The van der Waals surface area contributed by atoms with Crippen molar-refractivity contribution in [3.05, 3.63) is 38.9 Å². The third-order valence-electron chi connectivity index (χ3n) is 2.43. The summed E-state index contributed by atoms with van der Waals surface area (Å²) in [5, 5.41) is 11.3. The van der Waals surface area contributed by atoms with Crippen molar-refractivity contribution in [2.75, 3.05) is 20.1 Å². The van der Waals surface area contributed by atoms with Crippen LogP contribution in [0.3, 0.4) is 0 Å². The van der Waals surface area contributed by atoms with Crippen LogP contribution in [0.5, 0.6) is 0 Å². The molecule has 0 bridgehead atoms. The number of nitro groups is 1. The molecule has 0 aliphatic heterocycles. The van der Waals surface area contributed by atoms with Gasteiger partial charge in [0.1, 0.15) is 0 Å². The van der Waals surface area contributed by atoms with Crippen molar-refractivity contribution in [1.29, 1.82) is 0 Å². The second-order valence-electron chi connectivity index (χ2n) is 3.91. The number of hydrogen-bond donors (Lipinski definition) is 1. The minimum absolute atomic E-state index is 0.0668. The first-order valence-electron chi connectivity index (χ1n) is 5.36. The molecule has 1 aromatic carbocycles. The summed E-state index contributed by atoms with van der Waals surface area (Å²) in [5.74, 6) is 0. The van der Waals surface area contributed by atoms with E-state index in [2.05, 4.69) is 0 Å². The van der Waals surface area contributed by atoms with Gasteiger partial charge in [0, 0.05) is 23.2 Å². The Labute approximate surface area is 105 Å². The van der Waals surface area contributed by atoms with E-state index in [1.807, 2.05) is 11.9 Å². The lowest BCUT2D eigenvalue weighted by Crippen LogP contribution is -2.21. The fraction of sp³-hybridized carbons (Fsp3) is 0.455. The van der Waals surface area contributed by atoms with Crippen LogP contribution in [0.4, 0.5) is 5.69 Å². The van der Waals surface area contributed by atoms with Crippen LogP contribution < -0.4 is 5.73 Å². The van der Waals surface area contributed by atoms with E-state index in [1.54, 1.807) is 12.1 Å². The molecule has 0 atom stereocenters. The molecule has 1 aromatic rings. The molecule has 2 N–H and O–H groups in total. The molecule has 0 saturated carbocycles. The first-order valence-corrected chi connectivity index (χ1v) is 5.74. The van der Waals surface area contributed by atoms with Crippen LogP contribution in [-0.2, 0) is 6.54 Å². The van der Waals surface area contributed by atoms with E-state index in [1.165, 1.54) is 6.07 Å². The maximum absolute atomic E-state index is 10.9. The van der Waals surface area contributed by atoms with Gasteiger partial charge >= 0.3 is 0 Å². The molecule has 0 amide bonds. The molecule has 94 valence electrons. The average Bonchev–Trinajstić information content (AvgIpc) is 2.28. The van der Waals surface area contributed by atoms with E-state index in [4.69, 9.17) is 17.3 Å². The molecule has 0 aliphatic carbocycles. The maximum Gasteiger partial charge on any atom is 0.275 e. The van der Waals surface area contributed by atoms with E-state index in [0.29, 0.717) is 23.7 Å². The van der Waals surface area contributed by atoms with Crippen LogP contribution in [0.2, 0.25) is 5.02 Å². The highest BCUT2D eigenvalue weighted by Gasteiger charge is 2.15. The normalized spacial score (nSPS) is 10.8. The van der Waals surface area contributed by atoms with Gasteiger partial charge in [0.2, 0.25) is 0 Å². The first-order chi connectivity index (χ1) is 8.04. The van der Waals surface area contributed by atoms with Crippen molar-refractivity contribution in [2.24, 2.45) is 5.73 Å². The van der Waals surface area contributed by atoms with Gasteiger partial charge in [0.15, 0.2) is 0 Å². The highest BCUT2D eigenvalue weighted by Crippen LogP contribution is 2.24. The van der Waals surface area contributed by atoms with Crippen molar-refractivity contribution in [3.63, 3.8) is 0 Å². The molecule has 1 rings (SSSR count). The van der Waals surface area contributed by atoms with Crippen LogP contribution in [0.1, 0.15) is 12.0 Å². The minimum Gasteiger partial charge on any atom is -0.330 e. The topological polar surface area (TPSA) is 72.4 Å². The van der Waals surface area contributed by atoms with Gasteiger partial charge in [-0.25, -0.2) is 0 Å². The SMILES string of the molecule is CN(CCCN)Cc1ccc(Cl)cc1[N+](=O)[O-]. The highest BCUT2D eigenvalue weighted by molar-refractivity contribution is 6.30. The van der Waals surface area contributed by atoms with Gasteiger partial charge in [-0.05, 0) is 38.7 Å². The Morgan fingerprint density at radius 1 is 1.53 bits per heavy atom. The molecule has 17 heavy (non-hydrogen) atoms. The van der Waals surface area contributed by atoms with Crippen LogP contribution in [-0.4, -0.2) is 30.0 Å². The molecule has 0 saturated heterocycles. The van der Waals surface area contributed by atoms with E-state index in [0.717, 1.165) is 13.0 Å². The van der Waals surface area contributed by atoms with Crippen molar-refractivity contribution < 1.29 is 4.92 Å². The Morgan fingerprint density at radius 2 is 2.24 bits per heavy atom. The van der Waals surface area contributed by atoms with Crippen molar-refractivity contribution in [1.82, 2.24) is 4.90 Å². The molecular weight excluding hydrogens is 242 g/mol. The molecule has 0 aliphatic rings. The predicted octanol–water partition coefficient (Wildman–Crippen LogP) is 2.03. The zero-order valence-corrected chi connectivity index (χ0v) is 10.5. The van der Waals surface area contributed by atoms with E-state index in [9.17, 15) is 10.1 Å². The lowest BCUT2D eigenvalue weighted by atomic mass is 10.1. The van der Waals surface area contributed by atoms with Crippen molar-refractivity contribution >= 4 is 17.3 Å². The lowest BCUT2D eigenvalue weighted by molar-refractivity contribution is -0.385.